The molecule has 8 aromatic rings. The lowest BCUT2D eigenvalue weighted by molar-refractivity contribution is -0.143. The first-order chi connectivity index (χ1) is 46.1. The summed E-state index contributed by atoms with van der Waals surface area (Å²) in [5.74, 6) is 2.37. The summed E-state index contributed by atoms with van der Waals surface area (Å²) in [5.41, 5.74) is 28.1. The molecule has 3 atom stereocenters. The molecule has 9 N–H and O–H groups in total. The summed E-state index contributed by atoms with van der Waals surface area (Å²) in [5, 5.41) is 17.5. The standard InChI is InChI=1S/C51H76N6O6S.C22H25N5.C2H5I/c1-4-6-8-9-10-11-12-13-14-15-16-17-18-21-33-63-47(61)26-22-34-64-37-44(53-38(3)59)51(62)55-43(36-58)45(60)32-31-39-27-29-40(30-28-39)35-57-46(25-7-5-2)56-48-49(57)41-23-19-20-24-42(41)54-50(48)52;1-2-3-8-19-26-20-21(17-6-4-5-7-18(17)25-22(20)24)27(19)14-16-11-9-15(13-23)10-12-16;1-2-3/h19-20,23-24,27-30,43-44,58H,4-18,21-22,25-26,31-37H2,1-3H3,(H2,52,54)(H,53,59)(H,55,62);4-7,9-12H,2-3,8,13-14,23H2,1H3,(H2,24,25);2H2,1H3/t43-,44-;;/m0../s1/i;;2D. The number of aryl methyl sites for hydroxylation is 3. The predicted octanol–water partition coefficient (Wildman–Crippen LogP) is 15.0. The fraction of sp³-hybridized carbons (Fsp3) is 0.520. The fourth-order valence-corrected chi connectivity index (χ4v) is 12.6. The van der Waals surface area contributed by atoms with Crippen LogP contribution >= 0.6 is 34.4 Å². The Morgan fingerprint density at radius 1 is 0.574 bits per heavy atom. The van der Waals surface area contributed by atoms with Crippen molar-refractivity contribution in [2.45, 2.75) is 220 Å². The maximum atomic E-state index is 13.2. The normalized spacial score (nSPS) is 12.4. The molecular weight excluding hydrogens is 1310 g/mol. The number of unbranched alkanes of at least 4 members (excludes halogenated alkanes) is 15. The number of alkyl halides is 1. The Morgan fingerprint density at radius 2 is 1.02 bits per heavy atom. The van der Waals surface area contributed by atoms with E-state index in [9.17, 15) is 24.3 Å². The lowest BCUT2D eigenvalue weighted by Crippen LogP contribution is -2.53. The third-order valence-electron chi connectivity index (χ3n) is 16.8. The highest BCUT2D eigenvalue weighted by atomic mass is 127. The fourth-order valence-electron chi connectivity index (χ4n) is 11.6. The zero-order chi connectivity index (χ0) is 68.3. The number of fused-ring (bicyclic) bond motifs is 6. The van der Waals surface area contributed by atoms with Gasteiger partial charge in [0.15, 0.2) is 17.4 Å². The number of para-hydroxylation sites is 2. The maximum Gasteiger partial charge on any atom is 0.305 e. The second kappa shape index (κ2) is 42.7. The van der Waals surface area contributed by atoms with Gasteiger partial charge in [0.05, 0.1) is 35.3 Å². The topological polar surface area (TPSA) is 261 Å². The Labute approximate surface area is 577 Å². The van der Waals surface area contributed by atoms with E-state index in [1.54, 1.807) is 0 Å². The van der Waals surface area contributed by atoms with Crippen LogP contribution in [0.25, 0.3) is 43.9 Å². The number of Topliss-reactive ketones (excluding diaryl/α,β-unsaturated/α-hetero) is 1. The third kappa shape index (κ3) is 24.5. The number of esters is 1. The number of benzene rings is 4. The monoisotopic (exact) mass is 1420 g/mol. The molecule has 510 valence electrons. The van der Waals surface area contributed by atoms with Crippen LogP contribution in [0.5, 0.6) is 0 Å². The second-order valence-electron chi connectivity index (χ2n) is 24.4. The zero-order valence-corrected chi connectivity index (χ0v) is 59.6. The number of ketones is 1. The van der Waals surface area contributed by atoms with E-state index >= 15 is 0 Å². The van der Waals surface area contributed by atoms with Gasteiger partial charge in [0, 0.05) is 70.1 Å². The molecule has 4 aromatic carbocycles. The maximum absolute atomic E-state index is 13.2. The Bertz CT molecular complexity index is 3620. The van der Waals surface area contributed by atoms with Gasteiger partial charge in [0.25, 0.3) is 0 Å². The number of aliphatic hydroxyl groups excluding tert-OH is 1. The molecule has 0 fully saturated rings. The van der Waals surface area contributed by atoms with Gasteiger partial charge < -0.3 is 46.8 Å². The summed E-state index contributed by atoms with van der Waals surface area (Å²) in [4.78, 5) is 69.7. The van der Waals surface area contributed by atoms with Crippen molar-refractivity contribution in [3.8, 4) is 0 Å². The van der Waals surface area contributed by atoms with Crippen LogP contribution in [0, 0.1) is 0 Å². The van der Waals surface area contributed by atoms with Gasteiger partial charge in [0.2, 0.25) is 11.8 Å². The molecule has 0 aliphatic heterocycles. The highest BCUT2D eigenvalue weighted by Gasteiger charge is 2.26. The number of rotatable bonds is 40. The molecule has 0 aliphatic rings. The molecular formula is C75H106IN11O6S. The number of hydrogen-bond donors (Lipinski definition) is 6. The number of nitrogen functional groups attached to an aromatic ring is 2. The number of imidazole rings is 2. The van der Waals surface area contributed by atoms with E-state index in [2.05, 4.69) is 86.9 Å². The number of halogens is 1. The van der Waals surface area contributed by atoms with E-state index in [0.717, 1.165) is 125 Å². The minimum Gasteiger partial charge on any atom is -0.466 e. The largest absolute Gasteiger partial charge is 0.466 e. The predicted molar refractivity (Wildman–Crippen MR) is 397 cm³/mol. The summed E-state index contributed by atoms with van der Waals surface area (Å²) < 4.78 is 16.6. The van der Waals surface area contributed by atoms with Crippen molar-refractivity contribution >= 4 is 113 Å². The van der Waals surface area contributed by atoms with Crippen molar-refractivity contribution in [2.75, 3.05) is 40.6 Å². The number of nitrogens with one attached hydrogen (secondary N) is 2. The van der Waals surface area contributed by atoms with E-state index in [1.807, 2.05) is 90.2 Å². The number of hydrogen-bond acceptors (Lipinski definition) is 14. The van der Waals surface area contributed by atoms with E-state index in [1.165, 1.54) is 101 Å². The Balaban J connectivity index is 0.000000376. The van der Waals surface area contributed by atoms with Gasteiger partial charge in [-0.05, 0) is 76.6 Å². The van der Waals surface area contributed by atoms with Crippen molar-refractivity contribution in [3.63, 3.8) is 0 Å². The quantitative estimate of drug-likeness (QED) is 0.00903. The first-order valence-electron chi connectivity index (χ1n) is 35.1. The Morgan fingerprint density at radius 3 is 1.48 bits per heavy atom. The van der Waals surface area contributed by atoms with Crippen LogP contribution < -0.4 is 27.8 Å². The molecule has 0 saturated carbocycles. The minimum absolute atomic E-state index is 0.0533. The van der Waals surface area contributed by atoms with Gasteiger partial charge in [-0.1, -0.05) is 232 Å². The summed E-state index contributed by atoms with van der Waals surface area (Å²) in [6.45, 7) is 11.6. The van der Waals surface area contributed by atoms with E-state index in [0.29, 0.717) is 61.9 Å². The van der Waals surface area contributed by atoms with Crippen LogP contribution in [0.4, 0.5) is 11.6 Å². The van der Waals surface area contributed by atoms with Crippen molar-refractivity contribution < 1.29 is 30.4 Å². The number of anilines is 2. The smallest absolute Gasteiger partial charge is 0.305 e. The minimum atomic E-state index is -1.10. The lowest BCUT2D eigenvalue weighted by atomic mass is 10.0. The molecule has 94 heavy (non-hydrogen) atoms. The number of pyridine rings is 2. The number of ether oxygens (including phenoxy) is 1. The average Bonchev–Trinajstić information content (AvgIpc) is 1.64. The van der Waals surface area contributed by atoms with Gasteiger partial charge in [-0.2, -0.15) is 11.8 Å². The number of aliphatic hydroxyl groups is 1. The number of thioether (sulfide) groups is 1. The van der Waals surface area contributed by atoms with Gasteiger partial charge in [-0.25, -0.2) is 19.9 Å². The van der Waals surface area contributed by atoms with E-state index < -0.39 is 24.6 Å². The van der Waals surface area contributed by atoms with Crippen LogP contribution in [0.15, 0.2) is 97.1 Å². The molecule has 4 aromatic heterocycles. The highest BCUT2D eigenvalue weighted by Crippen LogP contribution is 2.32. The lowest BCUT2D eigenvalue weighted by Gasteiger charge is -2.21. The Hall–Kier alpha value is -6.68. The molecule has 0 radical (unpaired) electrons. The van der Waals surface area contributed by atoms with Gasteiger partial charge in [-0.3, -0.25) is 19.2 Å². The molecule has 0 aliphatic carbocycles. The van der Waals surface area contributed by atoms with Crippen LogP contribution in [0.2, 0.25) is 0 Å². The molecule has 0 bridgehead atoms. The number of aromatic nitrogens is 6. The van der Waals surface area contributed by atoms with Gasteiger partial charge >= 0.3 is 5.97 Å². The third-order valence-corrected chi connectivity index (χ3v) is 18.0. The average molecular weight is 1420 g/mol. The van der Waals surface area contributed by atoms with Crippen LogP contribution in [-0.4, -0.2) is 99.0 Å². The Kier molecular flexibility index (Phi) is 33.9. The summed E-state index contributed by atoms with van der Waals surface area (Å²) >= 11 is 3.45. The summed E-state index contributed by atoms with van der Waals surface area (Å²) in [6.07, 6.45) is 25.3. The molecule has 1 unspecified atom stereocenters. The number of carbonyl (C=O) groups is 4. The molecule has 19 heteroatoms. The van der Waals surface area contributed by atoms with E-state index in [-0.39, 0.29) is 34.2 Å². The van der Waals surface area contributed by atoms with Crippen molar-refractivity contribution in [1.29, 1.82) is 0 Å². The summed E-state index contributed by atoms with van der Waals surface area (Å²) in [6, 6.07) is 30.7. The van der Waals surface area contributed by atoms with Crippen LogP contribution in [-0.2, 0) is 62.8 Å². The van der Waals surface area contributed by atoms with Crippen molar-refractivity contribution in [1.82, 2.24) is 39.7 Å². The van der Waals surface area contributed by atoms with Gasteiger partial charge in [-0.15, -0.1) is 0 Å². The number of nitrogens with two attached hydrogens (primary N) is 3. The summed E-state index contributed by atoms with van der Waals surface area (Å²) in [7, 11) is 0. The number of amides is 2. The molecule has 4 heterocycles. The SMILES string of the molecule is CCCCCCCCCCCCCCCCOC(=O)CCCSC[C@H](NC(C)=O)C(=O)N[C@@H](CO)C(=O)CCc1ccc(Cn2c(CCCC)nc3c(N)nc4ccccc4c32)cc1.CCCCc1nc2c(N)nc3ccccc3c2n1Cc1ccc(CN)cc1.[2H]C(C)I. The molecule has 17 nitrogen and oxygen atoms in total. The highest BCUT2D eigenvalue weighted by molar-refractivity contribution is 14.1. The number of nitrogens with zero attached hydrogens (tertiary/aromatic N) is 6. The first-order valence-corrected chi connectivity index (χ1v) is 36.9. The molecule has 0 saturated heterocycles. The second-order valence-corrected chi connectivity index (χ2v) is 26.8. The van der Waals surface area contributed by atoms with Crippen LogP contribution in [0.3, 0.4) is 0 Å². The van der Waals surface area contributed by atoms with Crippen molar-refractivity contribution in [2.24, 2.45) is 5.73 Å². The number of carbonyl (C=O) groups excluding carboxylic acids is 4. The molecule has 0 spiro atoms. The zero-order valence-electron chi connectivity index (χ0n) is 57.6. The molecule has 2 amide bonds. The molecule has 8 rings (SSSR count). The van der Waals surface area contributed by atoms with Gasteiger partial charge in [0.1, 0.15) is 34.8 Å². The van der Waals surface area contributed by atoms with Crippen molar-refractivity contribution in [3.05, 3.63) is 131 Å². The van der Waals surface area contributed by atoms with Crippen LogP contribution in [0.1, 0.15) is 205 Å². The van der Waals surface area contributed by atoms with E-state index in [4.69, 9.17) is 33.3 Å². The first kappa shape index (κ1) is 74.7.